The van der Waals surface area contributed by atoms with Crippen LogP contribution in [-0.4, -0.2) is 66.5 Å². The molecule has 0 spiro atoms. The Morgan fingerprint density at radius 1 is 1.53 bits per heavy atom. The van der Waals surface area contributed by atoms with Crippen LogP contribution in [0.3, 0.4) is 0 Å². The summed E-state index contributed by atoms with van der Waals surface area (Å²) in [6, 6.07) is 0.627. The molecule has 2 rings (SSSR count). The Morgan fingerprint density at radius 2 is 2.26 bits per heavy atom. The minimum atomic E-state index is -0.131. The number of amides is 3. The molecular weight excluding hydrogens is 244 g/mol. The van der Waals surface area contributed by atoms with Crippen LogP contribution >= 0.6 is 0 Å². The first-order valence-corrected chi connectivity index (χ1v) is 7.16. The van der Waals surface area contributed by atoms with Gasteiger partial charge in [-0.15, -0.1) is 0 Å². The topological polar surface area (TPSA) is 64.7 Å². The summed E-state index contributed by atoms with van der Waals surface area (Å²) in [7, 11) is 0. The monoisotopic (exact) mass is 268 g/mol. The van der Waals surface area contributed by atoms with Gasteiger partial charge in [0.2, 0.25) is 5.91 Å². The highest BCUT2D eigenvalue weighted by Crippen LogP contribution is 2.25. The minimum absolute atomic E-state index is 0.0330. The van der Waals surface area contributed by atoms with Gasteiger partial charge in [-0.25, -0.2) is 4.79 Å². The summed E-state index contributed by atoms with van der Waals surface area (Å²) in [4.78, 5) is 27.3. The van der Waals surface area contributed by atoms with Gasteiger partial charge < -0.3 is 15.5 Å². The van der Waals surface area contributed by atoms with Crippen molar-refractivity contribution in [3.63, 3.8) is 0 Å². The number of carbonyl (C=O) groups is 2. The largest absolute Gasteiger partial charge is 0.350 e. The zero-order chi connectivity index (χ0) is 13.8. The lowest BCUT2D eigenvalue weighted by atomic mass is 10.2. The second kappa shape index (κ2) is 6.23. The highest BCUT2D eigenvalue weighted by atomic mass is 16.2. The van der Waals surface area contributed by atoms with E-state index in [1.165, 1.54) is 12.8 Å². The van der Waals surface area contributed by atoms with Crippen molar-refractivity contribution in [2.24, 2.45) is 0 Å². The predicted molar refractivity (Wildman–Crippen MR) is 72.8 cm³/mol. The fraction of sp³-hybridized carbons (Fsp3) is 0.846. The maximum absolute atomic E-state index is 12.0. The van der Waals surface area contributed by atoms with E-state index in [0.717, 1.165) is 19.1 Å². The van der Waals surface area contributed by atoms with Crippen LogP contribution < -0.4 is 10.6 Å². The van der Waals surface area contributed by atoms with E-state index in [9.17, 15) is 9.59 Å². The summed E-state index contributed by atoms with van der Waals surface area (Å²) in [6.45, 7) is 7.37. The lowest BCUT2D eigenvalue weighted by molar-refractivity contribution is -0.124. The second-order valence-corrected chi connectivity index (χ2v) is 5.44. The summed E-state index contributed by atoms with van der Waals surface area (Å²) < 4.78 is 0. The van der Waals surface area contributed by atoms with E-state index in [4.69, 9.17) is 0 Å². The molecule has 2 aliphatic rings. The third-order valence-corrected chi connectivity index (χ3v) is 3.67. The van der Waals surface area contributed by atoms with Gasteiger partial charge in [-0.1, -0.05) is 6.92 Å². The average molecular weight is 268 g/mol. The molecule has 1 heterocycles. The van der Waals surface area contributed by atoms with Gasteiger partial charge in [0.25, 0.3) is 0 Å². The summed E-state index contributed by atoms with van der Waals surface area (Å²) >= 11 is 0. The second-order valence-electron chi connectivity index (χ2n) is 5.44. The van der Waals surface area contributed by atoms with E-state index in [1.54, 1.807) is 4.90 Å². The van der Waals surface area contributed by atoms with Crippen LogP contribution in [0.2, 0.25) is 0 Å². The van der Waals surface area contributed by atoms with Crippen LogP contribution in [0.1, 0.15) is 26.7 Å². The van der Waals surface area contributed by atoms with Gasteiger partial charge in [0.15, 0.2) is 0 Å². The maximum Gasteiger partial charge on any atom is 0.317 e. The average Bonchev–Trinajstić information content (AvgIpc) is 3.17. The zero-order valence-electron chi connectivity index (χ0n) is 11.8. The molecule has 0 aromatic heterocycles. The van der Waals surface area contributed by atoms with Crippen LogP contribution in [0.4, 0.5) is 4.79 Å². The molecule has 1 atom stereocenters. The molecule has 1 saturated heterocycles. The molecule has 6 nitrogen and oxygen atoms in total. The molecule has 6 heteroatoms. The lowest BCUT2D eigenvalue weighted by Crippen LogP contribution is -2.57. The fourth-order valence-electron chi connectivity index (χ4n) is 2.55. The van der Waals surface area contributed by atoms with Crippen molar-refractivity contribution < 1.29 is 9.59 Å². The highest BCUT2D eigenvalue weighted by molar-refractivity contribution is 5.85. The molecular formula is C13H24N4O2. The summed E-state index contributed by atoms with van der Waals surface area (Å²) in [6.07, 6.45) is 2.57. The van der Waals surface area contributed by atoms with Gasteiger partial charge in [0.05, 0.1) is 0 Å². The highest BCUT2D eigenvalue weighted by Gasteiger charge is 2.28. The molecule has 3 amide bonds. The van der Waals surface area contributed by atoms with E-state index in [2.05, 4.69) is 22.5 Å². The van der Waals surface area contributed by atoms with Crippen LogP contribution in [0.5, 0.6) is 0 Å². The Labute approximate surface area is 114 Å². The Balaban J connectivity index is 1.70. The first-order chi connectivity index (χ1) is 9.10. The number of likely N-dealkylation sites (N-methyl/N-ethyl adjacent to an activating group) is 1. The summed E-state index contributed by atoms with van der Waals surface area (Å²) in [5.74, 6) is -0.0814. The lowest BCUT2D eigenvalue weighted by Gasteiger charge is -2.31. The number of hydrogen-bond acceptors (Lipinski definition) is 3. The van der Waals surface area contributed by atoms with Crippen molar-refractivity contribution in [2.45, 2.75) is 38.8 Å². The van der Waals surface area contributed by atoms with E-state index in [0.29, 0.717) is 13.1 Å². The van der Waals surface area contributed by atoms with E-state index in [-0.39, 0.29) is 24.5 Å². The molecule has 1 aliphatic heterocycles. The Bertz CT molecular complexity index is 344. The van der Waals surface area contributed by atoms with Crippen LogP contribution in [-0.2, 0) is 4.79 Å². The van der Waals surface area contributed by atoms with Crippen molar-refractivity contribution in [2.75, 3.05) is 32.7 Å². The molecule has 2 fully saturated rings. The van der Waals surface area contributed by atoms with Gasteiger partial charge >= 0.3 is 6.03 Å². The molecule has 0 bridgehead atoms. The summed E-state index contributed by atoms with van der Waals surface area (Å²) in [5, 5.41) is 5.71. The van der Waals surface area contributed by atoms with Crippen molar-refractivity contribution in [1.82, 2.24) is 20.4 Å². The van der Waals surface area contributed by atoms with Crippen LogP contribution in [0.25, 0.3) is 0 Å². The quantitative estimate of drug-likeness (QED) is 0.738. The van der Waals surface area contributed by atoms with Crippen molar-refractivity contribution in [3.8, 4) is 0 Å². The summed E-state index contributed by atoms with van der Waals surface area (Å²) in [5.41, 5.74) is 0. The van der Waals surface area contributed by atoms with Gasteiger partial charge in [-0.2, -0.15) is 0 Å². The Morgan fingerprint density at radius 3 is 2.84 bits per heavy atom. The number of nitrogens with one attached hydrogen (secondary N) is 2. The van der Waals surface area contributed by atoms with Crippen molar-refractivity contribution in [3.05, 3.63) is 0 Å². The standard InChI is InChI=1S/C13H24N4O2/c1-3-16(11-4-5-11)7-6-14-13(19)17-8-10(2)15-12(18)9-17/h10-11H,3-9H2,1-2H3,(H,14,19)(H,15,18). The van der Waals surface area contributed by atoms with E-state index in [1.807, 2.05) is 6.92 Å². The Kier molecular flexibility index (Phi) is 4.63. The number of carbonyl (C=O) groups excluding carboxylic acids is 2. The van der Waals surface area contributed by atoms with Crippen molar-refractivity contribution in [1.29, 1.82) is 0 Å². The first kappa shape index (κ1) is 14.1. The Hall–Kier alpha value is -1.30. The molecule has 19 heavy (non-hydrogen) atoms. The smallest absolute Gasteiger partial charge is 0.317 e. The normalized spacial score (nSPS) is 23.4. The zero-order valence-corrected chi connectivity index (χ0v) is 11.8. The third-order valence-electron chi connectivity index (χ3n) is 3.67. The number of rotatable bonds is 5. The number of nitrogens with zero attached hydrogens (tertiary/aromatic N) is 2. The van der Waals surface area contributed by atoms with Crippen LogP contribution in [0.15, 0.2) is 0 Å². The fourth-order valence-corrected chi connectivity index (χ4v) is 2.55. The van der Waals surface area contributed by atoms with Gasteiger partial charge in [-0.3, -0.25) is 9.69 Å². The van der Waals surface area contributed by atoms with E-state index < -0.39 is 0 Å². The number of piperazine rings is 1. The van der Waals surface area contributed by atoms with Crippen LogP contribution in [0, 0.1) is 0 Å². The molecule has 0 aromatic carbocycles. The van der Waals surface area contributed by atoms with E-state index >= 15 is 0 Å². The van der Waals surface area contributed by atoms with Crippen molar-refractivity contribution >= 4 is 11.9 Å². The van der Waals surface area contributed by atoms with Gasteiger partial charge in [0.1, 0.15) is 6.54 Å². The maximum atomic E-state index is 12.0. The number of urea groups is 1. The molecule has 108 valence electrons. The molecule has 0 radical (unpaired) electrons. The van der Waals surface area contributed by atoms with Gasteiger partial charge in [0, 0.05) is 31.7 Å². The molecule has 1 saturated carbocycles. The molecule has 2 N–H and O–H groups in total. The van der Waals surface area contributed by atoms with Gasteiger partial charge in [-0.05, 0) is 26.3 Å². The first-order valence-electron chi connectivity index (χ1n) is 7.16. The third kappa shape index (κ3) is 4.09. The molecule has 1 aliphatic carbocycles. The number of hydrogen-bond donors (Lipinski definition) is 2. The molecule has 0 aromatic rings. The SMILES string of the molecule is CCN(CCNC(=O)N1CC(=O)NC(C)C1)C1CC1. The predicted octanol–water partition coefficient (Wildman–Crippen LogP) is 0.000600. The minimum Gasteiger partial charge on any atom is -0.350 e. The molecule has 1 unspecified atom stereocenters.